The lowest BCUT2D eigenvalue weighted by molar-refractivity contribution is 0.0646. The third kappa shape index (κ3) is 3.89. The van der Waals surface area contributed by atoms with Crippen LogP contribution in [0, 0.1) is 0 Å². The Morgan fingerprint density at radius 2 is 1.96 bits per heavy atom. The van der Waals surface area contributed by atoms with E-state index in [0.29, 0.717) is 17.8 Å². The van der Waals surface area contributed by atoms with Crippen molar-refractivity contribution in [2.75, 3.05) is 13.1 Å². The molecule has 1 amide bonds. The summed E-state index contributed by atoms with van der Waals surface area (Å²) in [4.78, 5) is 16.4. The number of thioether (sulfide) groups is 1. The molecule has 4 nitrogen and oxygen atoms in total. The van der Waals surface area contributed by atoms with Gasteiger partial charge in [-0.15, -0.1) is 24.2 Å². The zero-order valence-electron chi connectivity index (χ0n) is 14.0. The Balaban J connectivity index is 0.00000182. The molecule has 0 radical (unpaired) electrons. The summed E-state index contributed by atoms with van der Waals surface area (Å²) in [7, 11) is 0. The van der Waals surface area contributed by atoms with E-state index in [-0.39, 0.29) is 18.3 Å². The topological polar surface area (TPSA) is 45.5 Å². The molecular weight excluding hydrogens is 356 g/mol. The maximum Gasteiger partial charge on any atom is 0.290 e. The highest BCUT2D eigenvalue weighted by Crippen LogP contribution is 2.32. The van der Waals surface area contributed by atoms with E-state index in [9.17, 15) is 4.79 Å². The van der Waals surface area contributed by atoms with Crippen LogP contribution < -0.4 is 5.32 Å². The second kappa shape index (κ2) is 8.30. The summed E-state index contributed by atoms with van der Waals surface area (Å²) < 4.78 is 5.61. The average Bonchev–Trinajstić information content (AvgIpc) is 3.16. The van der Waals surface area contributed by atoms with Crippen LogP contribution in [0.25, 0.3) is 0 Å². The normalized spacial score (nSPS) is 22.3. The van der Waals surface area contributed by atoms with Crippen molar-refractivity contribution in [3.63, 3.8) is 0 Å². The van der Waals surface area contributed by atoms with Gasteiger partial charge in [0.25, 0.3) is 5.91 Å². The summed E-state index contributed by atoms with van der Waals surface area (Å²) in [5.41, 5.74) is 0.991. The largest absolute Gasteiger partial charge is 0.459 e. The number of hydrogen-bond acceptors (Lipinski definition) is 4. The predicted octanol–water partition coefficient (Wildman–Crippen LogP) is 3.96. The van der Waals surface area contributed by atoms with Gasteiger partial charge in [-0.3, -0.25) is 4.79 Å². The Bertz CT molecular complexity index is 692. The number of furan rings is 1. The molecule has 134 valence electrons. The zero-order chi connectivity index (χ0) is 16.4. The number of rotatable bonds is 4. The molecule has 2 saturated heterocycles. The highest BCUT2D eigenvalue weighted by Gasteiger charge is 2.39. The highest BCUT2D eigenvalue weighted by atomic mass is 35.5. The predicted molar refractivity (Wildman–Crippen MR) is 102 cm³/mol. The molecule has 2 atom stereocenters. The van der Waals surface area contributed by atoms with E-state index in [4.69, 9.17) is 4.42 Å². The molecular formula is C19H23ClN2O2S. The summed E-state index contributed by atoms with van der Waals surface area (Å²) in [5.74, 6) is 1.35. The summed E-state index contributed by atoms with van der Waals surface area (Å²) in [6, 6.07) is 12.9. The first-order valence-electron chi connectivity index (χ1n) is 8.60. The SMILES string of the molecule is Cl.O=C(c1occc1CSc1ccccc1)N1C2CCNCC1CC2. The molecule has 4 rings (SSSR count). The van der Waals surface area contributed by atoms with Crippen molar-refractivity contribution in [1.29, 1.82) is 0 Å². The van der Waals surface area contributed by atoms with Gasteiger partial charge in [-0.2, -0.15) is 0 Å². The number of halogens is 1. The van der Waals surface area contributed by atoms with E-state index >= 15 is 0 Å². The Morgan fingerprint density at radius 1 is 1.16 bits per heavy atom. The van der Waals surface area contributed by atoms with Gasteiger partial charge in [-0.25, -0.2) is 0 Å². The minimum Gasteiger partial charge on any atom is -0.459 e. The molecule has 2 unspecified atom stereocenters. The van der Waals surface area contributed by atoms with Gasteiger partial charge in [0, 0.05) is 34.8 Å². The molecule has 1 aromatic heterocycles. The van der Waals surface area contributed by atoms with Crippen molar-refractivity contribution >= 4 is 30.1 Å². The quantitative estimate of drug-likeness (QED) is 0.818. The van der Waals surface area contributed by atoms with Crippen LogP contribution in [0.4, 0.5) is 0 Å². The Morgan fingerprint density at radius 3 is 2.80 bits per heavy atom. The van der Waals surface area contributed by atoms with Crippen molar-refractivity contribution in [3.05, 3.63) is 54.0 Å². The van der Waals surface area contributed by atoms with Crippen LogP contribution in [-0.4, -0.2) is 36.0 Å². The van der Waals surface area contributed by atoms with Gasteiger partial charge in [0.2, 0.25) is 0 Å². The number of benzene rings is 1. The first-order chi connectivity index (χ1) is 11.8. The van der Waals surface area contributed by atoms with Gasteiger partial charge in [-0.1, -0.05) is 18.2 Å². The summed E-state index contributed by atoms with van der Waals surface area (Å²) in [6.07, 6.45) is 4.90. The van der Waals surface area contributed by atoms with E-state index in [1.54, 1.807) is 18.0 Å². The van der Waals surface area contributed by atoms with Crippen LogP contribution in [0.3, 0.4) is 0 Å². The molecule has 2 fully saturated rings. The van der Waals surface area contributed by atoms with Crippen molar-refractivity contribution in [2.45, 2.75) is 42.0 Å². The number of hydrogen-bond donors (Lipinski definition) is 1. The molecule has 3 heterocycles. The maximum atomic E-state index is 13.1. The second-order valence-electron chi connectivity index (χ2n) is 6.47. The molecule has 25 heavy (non-hydrogen) atoms. The molecule has 2 bridgehead atoms. The molecule has 0 saturated carbocycles. The van der Waals surface area contributed by atoms with E-state index in [1.165, 1.54) is 4.90 Å². The summed E-state index contributed by atoms with van der Waals surface area (Å²) >= 11 is 1.73. The van der Waals surface area contributed by atoms with Crippen molar-refractivity contribution < 1.29 is 9.21 Å². The fourth-order valence-corrected chi connectivity index (χ4v) is 4.65. The number of carbonyl (C=O) groups is 1. The van der Waals surface area contributed by atoms with Crippen LogP contribution in [0.5, 0.6) is 0 Å². The lowest BCUT2D eigenvalue weighted by Gasteiger charge is -2.27. The van der Waals surface area contributed by atoms with Gasteiger partial charge < -0.3 is 14.6 Å². The Kier molecular flexibility index (Phi) is 6.10. The van der Waals surface area contributed by atoms with Gasteiger partial charge >= 0.3 is 0 Å². The standard InChI is InChI=1S/C19H22N2O2S.ClH/c22-19(21-15-6-7-16(21)12-20-10-8-15)18-14(9-11-23-18)13-24-17-4-2-1-3-5-17;/h1-5,9,11,15-16,20H,6-8,10,12-13H2;1H. The smallest absolute Gasteiger partial charge is 0.290 e. The van der Waals surface area contributed by atoms with Crippen LogP contribution in [-0.2, 0) is 5.75 Å². The van der Waals surface area contributed by atoms with E-state index < -0.39 is 0 Å². The van der Waals surface area contributed by atoms with Crippen molar-refractivity contribution in [3.8, 4) is 0 Å². The van der Waals surface area contributed by atoms with Crippen LogP contribution >= 0.6 is 24.2 Å². The molecule has 2 aliphatic heterocycles. The second-order valence-corrected chi connectivity index (χ2v) is 7.52. The monoisotopic (exact) mass is 378 g/mol. The third-order valence-corrected chi connectivity index (χ3v) is 6.03. The Labute approximate surface area is 158 Å². The molecule has 2 aliphatic rings. The third-order valence-electron chi connectivity index (χ3n) is 4.97. The number of nitrogens with zero attached hydrogens (tertiary/aromatic N) is 1. The molecule has 2 aromatic rings. The number of carbonyl (C=O) groups excluding carboxylic acids is 1. The molecule has 0 aliphatic carbocycles. The Hall–Kier alpha value is -1.43. The van der Waals surface area contributed by atoms with Crippen LogP contribution in [0.15, 0.2) is 52.0 Å². The first-order valence-corrected chi connectivity index (χ1v) is 9.59. The molecule has 6 heteroatoms. The van der Waals surface area contributed by atoms with E-state index in [2.05, 4.69) is 22.3 Å². The number of nitrogens with one attached hydrogen (secondary N) is 1. The lowest BCUT2D eigenvalue weighted by atomic mass is 10.1. The lowest BCUT2D eigenvalue weighted by Crippen LogP contribution is -2.42. The van der Waals surface area contributed by atoms with Crippen molar-refractivity contribution in [2.24, 2.45) is 0 Å². The first kappa shape index (κ1) is 18.4. The zero-order valence-corrected chi connectivity index (χ0v) is 15.7. The van der Waals surface area contributed by atoms with Gasteiger partial charge in [-0.05, 0) is 44.0 Å². The summed E-state index contributed by atoms with van der Waals surface area (Å²) in [6.45, 7) is 1.90. The summed E-state index contributed by atoms with van der Waals surface area (Å²) in [5, 5.41) is 3.44. The maximum absolute atomic E-state index is 13.1. The van der Waals surface area contributed by atoms with Crippen LogP contribution in [0.2, 0.25) is 0 Å². The molecule has 1 N–H and O–H groups in total. The minimum absolute atomic E-state index is 0. The number of amides is 1. The van der Waals surface area contributed by atoms with E-state index in [0.717, 1.165) is 43.7 Å². The molecule has 0 spiro atoms. The number of fused-ring (bicyclic) bond motifs is 2. The van der Waals surface area contributed by atoms with Gasteiger partial charge in [0.1, 0.15) is 0 Å². The van der Waals surface area contributed by atoms with Crippen molar-refractivity contribution in [1.82, 2.24) is 10.2 Å². The van der Waals surface area contributed by atoms with E-state index in [1.807, 2.05) is 24.3 Å². The fraction of sp³-hybridized carbons (Fsp3) is 0.421. The highest BCUT2D eigenvalue weighted by molar-refractivity contribution is 7.98. The fourth-order valence-electron chi connectivity index (χ4n) is 3.75. The molecule has 1 aromatic carbocycles. The average molecular weight is 379 g/mol. The minimum atomic E-state index is 0. The van der Waals surface area contributed by atoms with Gasteiger partial charge in [0.15, 0.2) is 5.76 Å². The van der Waals surface area contributed by atoms with Gasteiger partial charge in [0.05, 0.1) is 6.26 Å². The van der Waals surface area contributed by atoms with Crippen LogP contribution in [0.1, 0.15) is 35.4 Å².